The highest BCUT2D eigenvalue weighted by molar-refractivity contribution is 6.33. The second kappa shape index (κ2) is 4.77. The van der Waals surface area contributed by atoms with Crippen molar-refractivity contribution in [2.24, 2.45) is 11.8 Å². The monoisotopic (exact) mass is 301 g/mol. The number of benzene rings is 1. The number of fused-ring (bicyclic) bond motifs is 3. The molecule has 1 saturated carbocycles. The Morgan fingerprint density at radius 1 is 1.14 bits per heavy atom. The number of hydrogen-bond donors (Lipinski definition) is 1. The van der Waals surface area contributed by atoms with Crippen LogP contribution in [-0.4, -0.2) is 9.78 Å². The van der Waals surface area contributed by atoms with E-state index in [0.29, 0.717) is 28.7 Å². The number of halogens is 1. The summed E-state index contributed by atoms with van der Waals surface area (Å²) in [4.78, 5) is 0. The first-order valence-corrected chi connectivity index (χ1v) is 8.10. The van der Waals surface area contributed by atoms with Gasteiger partial charge in [0.25, 0.3) is 0 Å². The molecule has 0 radical (unpaired) electrons. The van der Waals surface area contributed by atoms with Gasteiger partial charge in [0.2, 0.25) is 0 Å². The van der Waals surface area contributed by atoms with Gasteiger partial charge in [0, 0.05) is 0 Å². The van der Waals surface area contributed by atoms with Gasteiger partial charge in [-0.3, -0.25) is 0 Å². The summed E-state index contributed by atoms with van der Waals surface area (Å²) in [7, 11) is 0. The van der Waals surface area contributed by atoms with Crippen molar-refractivity contribution in [2.45, 2.75) is 38.6 Å². The SMILES string of the molecule is Cc1nn(C2C3CCC2Cc2ccccc2C3)c(N)c1Cl. The van der Waals surface area contributed by atoms with E-state index in [0.717, 1.165) is 18.5 Å². The Morgan fingerprint density at radius 2 is 1.71 bits per heavy atom. The molecule has 0 aliphatic heterocycles. The van der Waals surface area contributed by atoms with Crippen LogP contribution in [0, 0.1) is 18.8 Å². The van der Waals surface area contributed by atoms with Crippen LogP contribution in [0.3, 0.4) is 0 Å². The summed E-state index contributed by atoms with van der Waals surface area (Å²) >= 11 is 6.26. The molecule has 4 heteroatoms. The lowest BCUT2D eigenvalue weighted by Gasteiger charge is -2.23. The highest BCUT2D eigenvalue weighted by Gasteiger charge is 2.41. The molecule has 2 aliphatic rings. The zero-order chi connectivity index (χ0) is 14.6. The molecule has 2 aliphatic carbocycles. The first kappa shape index (κ1) is 13.2. The number of nitrogen functional groups attached to an aromatic ring is 1. The predicted molar refractivity (Wildman–Crippen MR) is 85.5 cm³/mol. The van der Waals surface area contributed by atoms with E-state index >= 15 is 0 Å². The van der Waals surface area contributed by atoms with E-state index in [2.05, 4.69) is 29.4 Å². The van der Waals surface area contributed by atoms with Gasteiger partial charge >= 0.3 is 0 Å². The van der Waals surface area contributed by atoms with E-state index in [1.165, 1.54) is 24.0 Å². The lowest BCUT2D eigenvalue weighted by Crippen LogP contribution is -2.23. The van der Waals surface area contributed by atoms with Crippen molar-refractivity contribution in [2.75, 3.05) is 5.73 Å². The molecule has 3 nitrogen and oxygen atoms in total. The van der Waals surface area contributed by atoms with Crippen LogP contribution in [0.1, 0.15) is 35.7 Å². The Balaban J connectivity index is 1.77. The molecule has 1 aromatic carbocycles. The maximum atomic E-state index is 6.26. The van der Waals surface area contributed by atoms with Crippen molar-refractivity contribution in [3.63, 3.8) is 0 Å². The van der Waals surface area contributed by atoms with Crippen LogP contribution in [-0.2, 0) is 12.8 Å². The third-order valence-electron chi connectivity index (χ3n) is 5.29. The third-order valence-corrected chi connectivity index (χ3v) is 5.75. The number of nitrogens with two attached hydrogens (primary N) is 1. The van der Waals surface area contributed by atoms with Crippen molar-refractivity contribution >= 4 is 17.4 Å². The van der Waals surface area contributed by atoms with Crippen molar-refractivity contribution in [1.82, 2.24) is 9.78 Å². The van der Waals surface area contributed by atoms with Crippen LogP contribution in [0.5, 0.6) is 0 Å². The minimum atomic E-state index is 0.392. The number of nitrogens with zero attached hydrogens (tertiary/aromatic N) is 2. The van der Waals surface area contributed by atoms with E-state index in [9.17, 15) is 0 Å². The smallest absolute Gasteiger partial charge is 0.141 e. The molecule has 1 fully saturated rings. The predicted octanol–water partition coefficient (Wildman–Crippen LogP) is 3.79. The van der Waals surface area contributed by atoms with Gasteiger partial charge in [-0.25, -0.2) is 4.68 Å². The van der Waals surface area contributed by atoms with Crippen LogP contribution < -0.4 is 5.73 Å². The zero-order valence-corrected chi connectivity index (χ0v) is 13.0. The fraction of sp³-hybridized carbons (Fsp3) is 0.471. The van der Waals surface area contributed by atoms with Gasteiger partial charge in [-0.15, -0.1) is 0 Å². The maximum absolute atomic E-state index is 6.26. The topological polar surface area (TPSA) is 43.8 Å². The lowest BCUT2D eigenvalue weighted by atomic mass is 9.94. The average Bonchev–Trinajstić information content (AvgIpc) is 2.89. The molecule has 1 heterocycles. The summed E-state index contributed by atoms with van der Waals surface area (Å²) < 4.78 is 2.02. The molecule has 2 unspecified atom stereocenters. The molecule has 0 amide bonds. The molecule has 0 spiro atoms. The summed E-state index contributed by atoms with van der Waals surface area (Å²) in [6.45, 7) is 1.93. The summed E-state index contributed by atoms with van der Waals surface area (Å²) in [5.74, 6) is 1.88. The Hall–Kier alpha value is -1.48. The second-order valence-corrected chi connectivity index (χ2v) is 6.87. The largest absolute Gasteiger partial charge is 0.383 e. The molecule has 21 heavy (non-hydrogen) atoms. The number of hydrogen-bond acceptors (Lipinski definition) is 2. The van der Waals surface area contributed by atoms with Crippen LogP contribution in [0.25, 0.3) is 0 Å². The minimum Gasteiger partial charge on any atom is -0.383 e. The zero-order valence-electron chi connectivity index (χ0n) is 12.2. The molecule has 2 N–H and O–H groups in total. The van der Waals surface area contributed by atoms with Gasteiger partial charge in [0.05, 0.1) is 11.7 Å². The summed E-state index contributed by atoms with van der Waals surface area (Å²) in [6, 6.07) is 9.24. The Bertz CT molecular complexity index is 658. The van der Waals surface area contributed by atoms with Crippen molar-refractivity contribution in [3.8, 4) is 0 Å². The standard InChI is InChI=1S/C17H20ClN3/c1-10-15(18)17(19)21(20-10)16-13-6-7-14(16)9-12-5-3-2-4-11(12)8-13/h2-5,13-14,16H,6-9,19H2,1H3. The molecule has 110 valence electrons. The van der Waals surface area contributed by atoms with E-state index in [4.69, 9.17) is 17.3 Å². The number of aromatic nitrogens is 2. The molecule has 2 atom stereocenters. The highest BCUT2D eigenvalue weighted by atomic mass is 35.5. The lowest BCUT2D eigenvalue weighted by molar-refractivity contribution is 0.294. The highest BCUT2D eigenvalue weighted by Crippen LogP contribution is 2.48. The van der Waals surface area contributed by atoms with Gasteiger partial charge in [0.1, 0.15) is 10.8 Å². The summed E-state index contributed by atoms with van der Waals surface area (Å²) in [5.41, 5.74) is 10.1. The third kappa shape index (κ3) is 1.98. The van der Waals surface area contributed by atoms with E-state index in [1.54, 1.807) is 0 Å². The molecule has 1 aromatic heterocycles. The first-order valence-electron chi connectivity index (χ1n) is 7.72. The maximum Gasteiger partial charge on any atom is 0.141 e. The number of aryl methyl sites for hydroxylation is 1. The molecule has 0 saturated heterocycles. The van der Waals surface area contributed by atoms with Crippen molar-refractivity contribution < 1.29 is 0 Å². The normalized spacial score (nSPS) is 27.4. The van der Waals surface area contributed by atoms with E-state index in [1.807, 2.05) is 11.6 Å². The van der Waals surface area contributed by atoms with Gasteiger partial charge in [-0.05, 0) is 55.6 Å². The molecule has 4 rings (SSSR count). The van der Waals surface area contributed by atoms with Gasteiger partial charge in [-0.1, -0.05) is 35.9 Å². The van der Waals surface area contributed by atoms with Crippen LogP contribution in [0.15, 0.2) is 24.3 Å². The van der Waals surface area contributed by atoms with Crippen molar-refractivity contribution in [3.05, 3.63) is 46.1 Å². The Kier molecular flexibility index (Phi) is 3.00. The average molecular weight is 302 g/mol. The van der Waals surface area contributed by atoms with Crippen LogP contribution in [0.2, 0.25) is 5.02 Å². The van der Waals surface area contributed by atoms with Crippen LogP contribution in [0.4, 0.5) is 5.82 Å². The first-order chi connectivity index (χ1) is 10.1. The second-order valence-electron chi connectivity index (χ2n) is 6.49. The quantitative estimate of drug-likeness (QED) is 0.871. The van der Waals surface area contributed by atoms with Crippen LogP contribution >= 0.6 is 11.6 Å². The Labute approximate surface area is 130 Å². The molecular formula is C17H20ClN3. The van der Waals surface area contributed by atoms with Gasteiger partial charge < -0.3 is 5.73 Å². The van der Waals surface area contributed by atoms with E-state index in [-0.39, 0.29) is 0 Å². The fourth-order valence-corrected chi connectivity index (χ4v) is 4.42. The van der Waals surface area contributed by atoms with Gasteiger partial charge in [-0.2, -0.15) is 5.10 Å². The summed E-state index contributed by atoms with van der Waals surface area (Å²) in [6.07, 6.45) is 4.79. The Morgan fingerprint density at radius 3 is 2.19 bits per heavy atom. The number of anilines is 1. The van der Waals surface area contributed by atoms with E-state index < -0.39 is 0 Å². The fourth-order valence-electron chi connectivity index (χ4n) is 4.29. The van der Waals surface area contributed by atoms with Crippen molar-refractivity contribution in [1.29, 1.82) is 0 Å². The minimum absolute atomic E-state index is 0.392. The number of rotatable bonds is 1. The summed E-state index contributed by atoms with van der Waals surface area (Å²) in [5, 5.41) is 5.26. The van der Waals surface area contributed by atoms with Gasteiger partial charge in [0.15, 0.2) is 0 Å². The molecule has 2 aromatic rings. The molecular weight excluding hydrogens is 282 g/mol. The molecule has 2 bridgehead atoms.